The summed E-state index contributed by atoms with van der Waals surface area (Å²) in [6.45, 7) is 3.95. The third-order valence-electron chi connectivity index (χ3n) is 11.8. The second kappa shape index (κ2) is 47.7. The number of rotatable bonds is 51. The van der Waals surface area contributed by atoms with Gasteiger partial charge in [0.05, 0.1) is 19.8 Å². The zero-order valence-corrected chi connectivity index (χ0v) is 41.4. The van der Waals surface area contributed by atoms with Gasteiger partial charge < -0.3 is 25.2 Å². The number of ether oxygens (including phenoxy) is 2. The standard InChI is InChI=1S/C51H100NO9P/c1-3-5-7-9-11-13-15-17-19-21-23-24-25-27-29-31-33-35-37-39-41-43-50(53)61-48(46-59-62(56,57)60-47-49(52)51(54)55)45-58-44-42-40-38-36-34-32-30-28-26-22-20-18-16-14-12-10-8-6-4-2/h21,23,48-49H,3-20,22,24-47,52H2,1-2H3,(H,54,55)(H,56,57)/b23-21-. The zero-order chi connectivity index (χ0) is 45.5. The molecule has 0 aromatic rings. The van der Waals surface area contributed by atoms with Crippen LogP contribution in [0.1, 0.15) is 264 Å². The van der Waals surface area contributed by atoms with Crippen molar-refractivity contribution in [1.82, 2.24) is 0 Å². The summed E-state index contributed by atoms with van der Waals surface area (Å²) in [4.78, 5) is 33.7. The number of allylic oxidation sites excluding steroid dienone is 2. The number of carboxylic acid groups (broad SMARTS) is 1. The van der Waals surface area contributed by atoms with Crippen LogP contribution in [0.5, 0.6) is 0 Å². The van der Waals surface area contributed by atoms with E-state index in [-0.39, 0.29) is 13.0 Å². The maximum Gasteiger partial charge on any atom is 0.472 e. The van der Waals surface area contributed by atoms with Crippen LogP contribution in [0.4, 0.5) is 0 Å². The first kappa shape index (κ1) is 60.7. The molecule has 0 saturated carbocycles. The fourth-order valence-electron chi connectivity index (χ4n) is 7.72. The molecular formula is C51H100NO9P. The largest absolute Gasteiger partial charge is 0.480 e. The molecule has 3 atom stereocenters. The summed E-state index contributed by atoms with van der Waals surface area (Å²) in [6.07, 6.45) is 52.7. The second-order valence-corrected chi connectivity index (χ2v) is 19.5. The third-order valence-corrected chi connectivity index (χ3v) is 12.7. The number of nitrogens with two attached hydrogens (primary N) is 1. The van der Waals surface area contributed by atoms with Crippen LogP contribution < -0.4 is 5.73 Å². The summed E-state index contributed by atoms with van der Waals surface area (Å²) in [6, 6.07) is -1.47. The molecule has 0 aromatic heterocycles. The van der Waals surface area contributed by atoms with Crippen LogP contribution in [0.3, 0.4) is 0 Å². The molecule has 3 unspecified atom stereocenters. The number of carbonyl (C=O) groups excluding carboxylic acids is 1. The molecule has 0 bridgehead atoms. The average molecular weight is 902 g/mol. The predicted octanol–water partition coefficient (Wildman–Crippen LogP) is 15.3. The molecule has 0 aromatic carbocycles. The molecule has 0 radical (unpaired) electrons. The molecule has 10 nitrogen and oxygen atoms in total. The van der Waals surface area contributed by atoms with Crippen LogP contribution in [-0.4, -0.2) is 60.5 Å². The van der Waals surface area contributed by atoms with E-state index in [0.717, 1.165) is 38.5 Å². The lowest BCUT2D eigenvalue weighted by molar-refractivity contribution is -0.154. The van der Waals surface area contributed by atoms with Crippen molar-refractivity contribution in [2.75, 3.05) is 26.4 Å². The topological polar surface area (TPSA) is 155 Å². The SMILES string of the molecule is CCCCCCCCCC/C=C\CCCCCCCCCCCC(=O)OC(COCCCCCCCCCCCCCCCCCCCCC)COP(=O)(O)OCC(N)C(=O)O. The Morgan fingerprint density at radius 2 is 0.839 bits per heavy atom. The van der Waals surface area contributed by atoms with E-state index < -0.39 is 45.1 Å². The second-order valence-electron chi connectivity index (χ2n) is 18.0. The molecule has 0 rings (SSSR count). The van der Waals surface area contributed by atoms with Crippen molar-refractivity contribution >= 4 is 19.8 Å². The Kier molecular flexibility index (Phi) is 46.7. The van der Waals surface area contributed by atoms with Crippen molar-refractivity contribution in [3.05, 3.63) is 12.2 Å². The van der Waals surface area contributed by atoms with Gasteiger partial charge in [0.1, 0.15) is 12.1 Å². The van der Waals surface area contributed by atoms with Crippen LogP contribution in [0.15, 0.2) is 12.2 Å². The van der Waals surface area contributed by atoms with Crippen molar-refractivity contribution < 1.29 is 42.7 Å². The van der Waals surface area contributed by atoms with Gasteiger partial charge in [0.15, 0.2) is 0 Å². The molecule has 0 aliphatic rings. The van der Waals surface area contributed by atoms with E-state index in [4.69, 9.17) is 29.4 Å². The number of hydrogen-bond donors (Lipinski definition) is 3. The molecule has 0 fully saturated rings. The van der Waals surface area contributed by atoms with E-state index in [2.05, 4.69) is 26.0 Å². The summed E-state index contributed by atoms with van der Waals surface area (Å²) in [5.41, 5.74) is 5.38. The number of unbranched alkanes of at least 4 members (excludes halogenated alkanes) is 35. The van der Waals surface area contributed by atoms with E-state index >= 15 is 0 Å². The normalized spacial score (nSPS) is 13.7. The molecule has 62 heavy (non-hydrogen) atoms. The van der Waals surface area contributed by atoms with Gasteiger partial charge >= 0.3 is 19.8 Å². The lowest BCUT2D eigenvalue weighted by Gasteiger charge is -2.20. The minimum Gasteiger partial charge on any atom is -0.480 e. The Labute approximate surface area is 382 Å². The number of hydrogen-bond acceptors (Lipinski definition) is 8. The Morgan fingerprint density at radius 3 is 1.23 bits per heavy atom. The van der Waals surface area contributed by atoms with Gasteiger partial charge in [-0.15, -0.1) is 0 Å². The van der Waals surface area contributed by atoms with Gasteiger partial charge in [-0.05, 0) is 38.5 Å². The first-order valence-electron chi connectivity index (χ1n) is 26.2. The van der Waals surface area contributed by atoms with E-state index in [1.165, 1.54) is 199 Å². The summed E-state index contributed by atoms with van der Waals surface area (Å²) < 4.78 is 33.5. The Morgan fingerprint density at radius 1 is 0.500 bits per heavy atom. The monoisotopic (exact) mass is 902 g/mol. The van der Waals surface area contributed by atoms with Gasteiger partial charge in [-0.2, -0.15) is 0 Å². The zero-order valence-electron chi connectivity index (χ0n) is 40.5. The molecule has 0 heterocycles. The van der Waals surface area contributed by atoms with Crippen LogP contribution in [0, 0.1) is 0 Å². The lowest BCUT2D eigenvalue weighted by Crippen LogP contribution is -2.34. The summed E-state index contributed by atoms with van der Waals surface area (Å²) >= 11 is 0. The molecule has 0 spiro atoms. The van der Waals surface area contributed by atoms with Crippen molar-refractivity contribution in [3.8, 4) is 0 Å². The van der Waals surface area contributed by atoms with E-state index in [1.807, 2.05) is 0 Å². The molecule has 11 heteroatoms. The number of carboxylic acids is 1. The molecule has 0 aliphatic carbocycles. The first-order chi connectivity index (χ1) is 30.2. The molecule has 0 aliphatic heterocycles. The van der Waals surface area contributed by atoms with Crippen LogP contribution in [-0.2, 0) is 32.7 Å². The molecule has 0 saturated heterocycles. The van der Waals surface area contributed by atoms with E-state index in [0.29, 0.717) is 13.0 Å². The highest BCUT2D eigenvalue weighted by Gasteiger charge is 2.27. The highest BCUT2D eigenvalue weighted by molar-refractivity contribution is 7.47. The van der Waals surface area contributed by atoms with Gasteiger partial charge in [0, 0.05) is 13.0 Å². The van der Waals surface area contributed by atoms with Gasteiger partial charge in [0.2, 0.25) is 0 Å². The van der Waals surface area contributed by atoms with Crippen LogP contribution in [0.2, 0.25) is 0 Å². The fraction of sp³-hybridized carbons (Fsp3) is 0.922. The third kappa shape index (κ3) is 46.7. The summed E-state index contributed by atoms with van der Waals surface area (Å²) in [5, 5.41) is 8.93. The Bertz CT molecular complexity index is 1040. The van der Waals surface area contributed by atoms with Crippen molar-refractivity contribution in [1.29, 1.82) is 0 Å². The minimum atomic E-state index is -4.62. The summed E-state index contributed by atoms with van der Waals surface area (Å²) in [7, 11) is -4.62. The van der Waals surface area contributed by atoms with Crippen LogP contribution in [0.25, 0.3) is 0 Å². The highest BCUT2D eigenvalue weighted by atomic mass is 31.2. The van der Waals surface area contributed by atoms with Crippen molar-refractivity contribution in [2.24, 2.45) is 5.73 Å². The number of phosphoric ester groups is 1. The molecule has 0 amide bonds. The summed E-state index contributed by atoms with van der Waals surface area (Å²) in [5.74, 6) is -1.77. The quantitative estimate of drug-likeness (QED) is 0.0233. The van der Waals surface area contributed by atoms with E-state index in [1.54, 1.807) is 0 Å². The van der Waals surface area contributed by atoms with Gasteiger partial charge in [-0.3, -0.25) is 18.6 Å². The van der Waals surface area contributed by atoms with Gasteiger partial charge in [0.25, 0.3) is 0 Å². The lowest BCUT2D eigenvalue weighted by atomic mass is 10.0. The fourth-order valence-corrected chi connectivity index (χ4v) is 8.50. The first-order valence-corrected chi connectivity index (χ1v) is 27.7. The van der Waals surface area contributed by atoms with E-state index in [9.17, 15) is 19.0 Å². The van der Waals surface area contributed by atoms with Crippen molar-refractivity contribution in [2.45, 2.75) is 276 Å². The Balaban J connectivity index is 4.09. The van der Waals surface area contributed by atoms with Crippen LogP contribution >= 0.6 is 7.82 Å². The smallest absolute Gasteiger partial charge is 0.472 e. The van der Waals surface area contributed by atoms with Crippen molar-refractivity contribution in [3.63, 3.8) is 0 Å². The highest BCUT2D eigenvalue weighted by Crippen LogP contribution is 2.43. The number of aliphatic carboxylic acids is 1. The predicted molar refractivity (Wildman–Crippen MR) is 259 cm³/mol. The maximum atomic E-state index is 12.7. The Hall–Kier alpha value is -1.29. The van der Waals surface area contributed by atoms with Gasteiger partial charge in [-0.25, -0.2) is 4.57 Å². The molecule has 368 valence electrons. The van der Waals surface area contributed by atoms with Gasteiger partial charge in [-0.1, -0.05) is 231 Å². The minimum absolute atomic E-state index is 0.0228. The molecular weight excluding hydrogens is 802 g/mol. The number of esters is 1. The average Bonchev–Trinajstić information content (AvgIpc) is 3.25. The number of carbonyl (C=O) groups is 2. The number of phosphoric acid groups is 1. The maximum absolute atomic E-state index is 12.7. The molecule has 4 N–H and O–H groups in total.